The first-order valence-corrected chi connectivity index (χ1v) is 15.6. The van der Waals surface area contributed by atoms with E-state index in [0.717, 1.165) is 34.0 Å². The van der Waals surface area contributed by atoms with Crippen LogP contribution in [0.25, 0.3) is 5.70 Å². The molecule has 6 rings (SSSR count). The molecule has 4 aromatic carbocycles. The normalized spacial score (nSPS) is 17.6. The number of halogens is 1. The Bertz CT molecular complexity index is 1690. The van der Waals surface area contributed by atoms with Gasteiger partial charge in [0.2, 0.25) is 0 Å². The summed E-state index contributed by atoms with van der Waals surface area (Å²) in [7, 11) is 1.71. The minimum absolute atomic E-state index is 0.0171. The highest BCUT2D eigenvalue weighted by Crippen LogP contribution is 2.48. The van der Waals surface area contributed by atoms with Crippen LogP contribution in [0, 0.1) is 0 Å². The van der Waals surface area contributed by atoms with Crippen LogP contribution < -0.4 is 15.0 Å². The summed E-state index contributed by atoms with van der Waals surface area (Å²) in [6.45, 7) is 4.11. The standard InChI is InChI=1S/C35H32ClN3O3S/c1-24-34-30-9-6-10-32(42-2)31(30)20-38(29-17-15-28(36)16-18-29)22-39(34,23-43-24)21-33(40)37-19-25-11-13-27(14-12-25)35(41)26-7-4-3-5-8-26/h3-18H,19-23H2,1-2H3/p+1/t39-/m0/s1. The molecule has 0 saturated heterocycles. The first kappa shape index (κ1) is 29.1. The minimum Gasteiger partial charge on any atom is -0.496 e. The van der Waals surface area contributed by atoms with E-state index in [0.29, 0.717) is 46.9 Å². The van der Waals surface area contributed by atoms with E-state index in [-0.39, 0.29) is 11.7 Å². The smallest absolute Gasteiger partial charge is 0.276 e. The number of carbonyl (C=O) groups excluding carboxylic acids is 2. The lowest BCUT2D eigenvalue weighted by molar-refractivity contribution is -0.835. The van der Waals surface area contributed by atoms with Crippen LogP contribution in [0.4, 0.5) is 5.69 Å². The molecule has 8 heteroatoms. The van der Waals surface area contributed by atoms with E-state index < -0.39 is 0 Å². The van der Waals surface area contributed by atoms with Gasteiger partial charge in [0.1, 0.15) is 11.6 Å². The molecule has 2 aliphatic heterocycles. The second-order valence-corrected chi connectivity index (χ2v) is 12.5. The number of ether oxygens (including phenoxy) is 1. The number of quaternary nitrogens is 1. The zero-order valence-corrected chi connectivity index (χ0v) is 25.8. The number of allylic oxidation sites excluding steroid dienone is 1. The number of carbonyl (C=O) groups is 2. The fourth-order valence-corrected chi connectivity index (χ4v) is 7.32. The van der Waals surface area contributed by atoms with Gasteiger partial charge in [0, 0.05) is 44.4 Å². The Kier molecular flexibility index (Phi) is 8.30. The highest BCUT2D eigenvalue weighted by Gasteiger charge is 2.47. The summed E-state index contributed by atoms with van der Waals surface area (Å²) in [6.07, 6.45) is 0. The number of methoxy groups -OCH3 is 1. The van der Waals surface area contributed by atoms with Crippen molar-refractivity contribution in [3.8, 4) is 5.75 Å². The van der Waals surface area contributed by atoms with Crippen LogP contribution in [0.15, 0.2) is 102 Å². The Labute approximate surface area is 261 Å². The fourth-order valence-electron chi connectivity index (χ4n) is 6.01. The Morgan fingerprint density at radius 2 is 1.65 bits per heavy atom. The van der Waals surface area contributed by atoms with Crippen molar-refractivity contribution in [1.82, 2.24) is 5.32 Å². The molecule has 0 fully saturated rings. The summed E-state index contributed by atoms with van der Waals surface area (Å²) < 4.78 is 6.32. The molecule has 4 aromatic rings. The lowest BCUT2D eigenvalue weighted by Gasteiger charge is -2.37. The summed E-state index contributed by atoms with van der Waals surface area (Å²) >= 11 is 8.03. The van der Waals surface area contributed by atoms with Crippen molar-refractivity contribution in [2.24, 2.45) is 0 Å². The number of nitrogens with zero attached hydrogens (tertiary/aromatic N) is 2. The number of benzene rings is 4. The van der Waals surface area contributed by atoms with E-state index in [1.54, 1.807) is 18.9 Å². The molecule has 0 unspecified atom stereocenters. The van der Waals surface area contributed by atoms with Gasteiger partial charge in [0.25, 0.3) is 5.91 Å². The molecule has 0 spiro atoms. The molecule has 0 aromatic heterocycles. The number of anilines is 1. The molecule has 0 bridgehead atoms. The number of fused-ring (bicyclic) bond motifs is 3. The topological polar surface area (TPSA) is 58.6 Å². The van der Waals surface area contributed by atoms with Crippen LogP contribution in [-0.4, -0.2) is 42.4 Å². The highest BCUT2D eigenvalue weighted by molar-refractivity contribution is 8.03. The van der Waals surface area contributed by atoms with Crippen LogP contribution in [0.1, 0.15) is 39.5 Å². The SMILES string of the molecule is COc1cccc2c1CN(c1ccc(Cl)cc1)C[N@@+]1(CC(=O)NCc3ccc(C(=O)c4ccccc4)cc3)CSC(C)=C21. The van der Waals surface area contributed by atoms with Gasteiger partial charge in [-0.25, -0.2) is 0 Å². The van der Waals surface area contributed by atoms with Gasteiger partial charge in [-0.1, -0.05) is 84.0 Å². The number of amides is 1. The Hall–Kier alpha value is -4.04. The summed E-state index contributed by atoms with van der Waals surface area (Å²) in [5.74, 6) is 1.55. The molecule has 1 atom stereocenters. The van der Waals surface area contributed by atoms with Crippen LogP contribution in [-0.2, 0) is 17.9 Å². The molecule has 0 aliphatic carbocycles. The number of ketones is 1. The number of nitrogens with one attached hydrogen (secondary N) is 1. The van der Waals surface area contributed by atoms with Gasteiger partial charge in [-0.05, 0) is 48.9 Å². The molecule has 0 saturated carbocycles. The third kappa shape index (κ3) is 5.93. The van der Waals surface area contributed by atoms with Gasteiger partial charge in [-0.2, -0.15) is 0 Å². The number of thioether (sulfide) groups is 1. The van der Waals surface area contributed by atoms with Crippen molar-refractivity contribution >= 4 is 46.4 Å². The predicted molar refractivity (Wildman–Crippen MR) is 174 cm³/mol. The van der Waals surface area contributed by atoms with E-state index >= 15 is 0 Å². The van der Waals surface area contributed by atoms with Crippen molar-refractivity contribution in [2.45, 2.75) is 20.0 Å². The van der Waals surface area contributed by atoms with E-state index in [9.17, 15) is 9.59 Å². The maximum atomic E-state index is 13.7. The fraction of sp³-hybridized carbons (Fsp3) is 0.200. The predicted octanol–water partition coefficient (Wildman–Crippen LogP) is 7.08. The quantitative estimate of drug-likeness (QED) is 0.171. The Morgan fingerprint density at radius 3 is 2.37 bits per heavy atom. The van der Waals surface area contributed by atoms with Gasteiger partial charge in [0.15, 0.2) is 24.7 Å². The number of hydrogen-bond donors (Lipinski definition) is 1. The zero-order valence-electron chi connectivity index (χ0n) is 24.2. The third-order valence-corrected chi connectivity index (χ3v) is 9.62. The zero-order chi connectivity index (χ0) is 30.0. The van der Waals surface area contributed by atoms with Gasteiger partial charge >= 0.3 is 0 Å². The molecule has 0 radical (unpaired) electrons. The van der Waals surface area contributed by atoms with E-state index in [1.807, 2.05) is 91.0 Å². The van der Waals surface area contributed by atoms with Gasteiger partial charge < -0.3 is 15.0 Å². The van der Waals surface area contributed by atoms with Crippen LogP contribution in [0.5, 0.6) is 5.75 Å². The summed E-state index contributed by atoms with van der Waals surface area (Å²) in [5.41, 5.74) is 6.68. The number of hydrogen-bond acceptors (Lipinski definition) is 5. The molecular formula is C35H33ClN3O3S+. The van der Waals surface area contributed by atoms with Crippen molar-refractivity contribution in [3.05, 3.63) is 135 Å². The first-order valence-electron chi connectivity index (χ1n) is 14.2. The van der Waals surface area contributed by atoms with Crippen molar-refractivity contribution in [1.29, 1.82) is 0 Å². The first-order chi connectivity index (χ1) is 20.9. The van der Waals surface area contributed by atoms with Gasteiger partial charge in [0.05, 0.1) is 13.7 Å². The van der Waals surface area contributed by atoms with Crippen molar-refractivity contribution < 1.29 is 18.8 Å². The van der Waals surface area contributed by atoms with Crippen molar-refractivity contribution in [3.63, 3.8) is 0 Å². The van der Waals surface area contributed by atoms with E-state index in [1.165, 1.54) is 10.6 Å². The highest BCUT2D eigenvalue weighted by atomic mass is 35.5. The minimum atomic E-state index is -0.0281. The van der Waals surface area contributed by atoms with E-state index in [2.05, 4.69) is 23.2 Å². The monoisotopic (exact) mass is 610 g/mol. The Morgan fingerprint density at radius 1 is 0.930 bits per heavy atom. The second kappa shape index (κ2) is 12.3. The molecule has 6 nitrogen and oxygen atoms in total. The van der Waals surface area contributed by atoms with Crippen molar-refractivity contribution in [2.75, 3.05) is 31.1 Å². The third-order valence-electron chi connectivity index (χ3n) is 8.11. The van der Waals surface area contributed by atoms with Gasteiger partial charge in [-0.15, -0.1) is 0 Å². The van der Waals surface area contributed by atoms with Gasteiger partial charge in [-0.3, -0.25) is 14.1 Å². The molecule has 218 valence electrons. The van der Waals surface area contributed by atoms with Crippen LogP contribution in [0.2, 0.25) is 5.02 Å². The Balaban J connectivity index is 1.24. The largest absolute Gasteiger partial charge is 0.496 e. The lowest BCUT2D eigenvalue weighted by atomic mass is 10.0. The summed E-state index contributed by atoms with van der Waals surface area (Å²) in [5, 5.41) is 3.83. The average molecular weight is 611 g/mol. The van der Waals surface area contributed by atoms with Crippen LogP contribution >= 0.6 is 23.4 Å². The summed E-state index contributed by atoms with van der Waals surface area (Å²) in [6, 6.07) is 30.7. The van der Waals surface area contributed by atoms with Crippen LogP contribution in [0.3, 0.4) is 0 Å². The molecule has 2 heterocycles. The van der Waals surface area contributed by atoms with E-state index in [4.69, 9.17) is 16.3 Å². The molecule has 1 amide bonds. The second-order valence-electron chi connectivity index (χ2n) is 11.0. The lowest BCUT2D eigenvalue weighted by Crippen LogP contribution is -2.54. The average Bonchev–Trinajstić information content (AvgIpc) is 3.26. The molecule has 2 aliphatic rings. The number of rotatable bonds is 8. The maximum absolute atomic E-state index is 13.7. The summed E-state index contributed by atoms with van der Waals surface area (Å²) in [4.78, 5) is 30.0. The molecular weight excluding hydrogens is 578 g/mol. The molecule has 1 N–H and O–H groups in total. The maximum Gasteiger partial charge on any atom is 0.276 e. The molecule has 43 heavy (non-hydrogen) atoms.